The zero-order chi connectivity index (χ0) is 12.4. The van der Waals surface area contributed by atoms with Crippen molar-refractivity contribution in [3.63, 3.8) is 0 Å². The first-order valence-electron chi connectivity index (χ1n) is 5.96. The predicted molar refractivity (Wildman–Crippen MR) is 73.0 cm³/mol. The molecule has 1 aromatic carbocycles. The lowest BCUT2D eigenvalue weighted by Crippen LogP contribution is -2.16. The summed E-state index contributed by atoms with van der Waals surface area (Å²) in [5.74, 6) is 0.487. The smallest absolute Gasteiger partial charge is 0.123 e. The molecule has 3 heteroatoms. The average molecular weight is 251 g/mol. The second-order valence-corrected chi connectivity index (χ2v) is 5.92. The zero-order valence-corrected chi connectivity index (χ0v) is 11.3. The largest absolute Gasteiger partial charge is 0.312 e. The molecule has 1 aromatic heterocycles. The maximum atomic E-state index is 13.1. The molecule has 92 valence electrons. The molecule has 1 heterocycles. The van der Waals surface area contributed by atoms with Crippen molar-refractivity contribution in [1.29, 1.82) is 0 Å². The van der Waals surface area contributed by atoms with E-state index in [2.05, 4.69) is 25.2 Å². The minimum atomic E-state index is -0.160. The summed E-state index contributed by atoms with van der Waals surface area (Å²) >= 11 is 1.75. The van der Waals surface area contributed by atoms with Gasteiger partial charge in [0.1, 0.15) is 5.82 Å². The molecule has 1 nitrogen and oxygen atoms in total. The van der Waals surface area contributed by atoms with Crippen molar-refractivity contribution in [3.05, 3.63) is 35.0 Å². The second-order valence-electron chi connectivity index (χ2n) is 4.80. The molecular formula is C14H18FNS. The molecular weight excluding hydrogens is 233 g/mol. The van der Waals surface area contributed by atoms with Crippen LogP contribution >= 0.6 is 11.3 Å². The van der Waals surface area contributed by atoms with Crippen LogP contribution in [0.1, 0.15) is 31.2 Å². The molecule has 0 radical (unpaired) electrons. The van der Waals surface area contributed by atoms with Gasteiger partial charge in [-0.25, -0.2) is 4.39 Å². The average Bonchev–Trinajstić information content (AvgIpc) is 2.68. The molecule has 0 aliphatic carbocycles. The molecule has 0 saturated heterocycles. The van der Waals surface area contributed by atoms with Gasteiger partial charge < -0.3 is 5.32 Å². The van der Waals surface area contributed by atoms with Gasteiger partial charge in [0.2, 0.25) is 0 Å². The topological polar surface area (TPSA) is 12.0 Å². The van der Waals surface area contributed by atoms with Crippen LogP contribution in [-0.2, 0) is 0 Å². The number of rotatable bonds is 4. The number of fused-ring (bicyclic) bond motifs is 1. The summed E-state index contributed by atoms with van der Waals surface area (Å²) in [5, 5.41) is 4.35. The van der Waals surface area contributed by atoms with Gasteiger partial charge in [-0.1, -0.05) is 13.8 Å². The Balaban J connectivity index is 2.34. The lowest BCUT2D eigenvalue weighted by molar-refractivity contribution is 0.462. The van der Waals surface area contributed by atoms with Gasteiger partial charge in [0.15, 0.2) is 0 Å². The monoisotopic (exact) mass is 251 g/mol. The summed E-state index contributed by atoms with van der Waals surface area (Å²) in [4.78, 5) is 1.29. The maximum Gasteiger partial charge on any atom is 0.123 e. The summed E-state index contributed by atoms with van der Waals surface area (Å²) < 4.78 is 14.3. The highest BCUT2D eigenvalue weighted by atomic mass is 32.1. The second kappa shape index (κ2) is 5.15. The number of halogens is 1. The van der Waals surface area contributed by atoms with Gasteiger partial charge in [-0.3, -0.25) is 0 Å². The van der Waals surface area contributed by atoms with Crippen LogP contribution in [0.4, 0.5) is 4.39 Å². The first kappa shape index (κ1) is 12.5. The van der Waals surface area contributed by atoms with Crippen LogP contribution in [0.3, 0.4) is 0 Å². The van der Waals surface area contributed by atoms with E-state index >= 15 is 0 Å². The lowest BCUT2D eigenvalue weighted by atomic mass is 10.0. The number of nitrogens with one attached hydrogen (secondary N) is 1. The van der Waals surface area contributed by atoms with E-state index in [9.17, 15) is 4.39 Å². The molecule has 0 aliphatic heterocycles. The summed E-state index contributed by atoms with van der Waals surface area (Å²) in [7, 11) is 1.98. The van der Waals surface area contributed by atoms with E-state index in [-0.39, 0.29) is 5.82 Å². The first-order valence-corrected chi connectivity index (χ1v) is 6.78. The molecule has 1 N–H and O–H groups in total. The molecule has 0 aliphatic rings. The van der Waals surface area contributed by atoms with Gasteiger partial charge in [-0.05, 0) is 49.0 Å². The van der Waals surface area contributed by atoms with Crippen molar-refractivity contribution in [2.45, 2.75) is 26.3 Å². The van der Waals surface area contributed by atoms with Gasteiger partial charge in [0, 0.05) is 15.6 Å². The van der Waals surface area contributed by atoms with Crippen LogP contribution in [0.2, 0.25) is 0 Å². The van der Waals surface area contributed by atoms with Crippen molar-refractivity contribution < 1.29 is 4.39 Å². The van der Waals surface area contributed by atoms with Crippen LogP contribution in [-0.4, -0.2) is 7.05 Å². The van der Waals surface area contributed by atoms with Gasteiger partial charge >= 0.3 is 0 Å². The van der Waals surface area contributed by atoms with Crippen molar-refractivity contribution in [2.75, 3.05) is 7.05 Å². The van der Waals surface area contributed by atoms with E-state index in [0.29, 0.717) is 12.0 Å². The molecule has 0 fully saturated rings. The van der Waals surface area contributed by atoms with Gasteiger partial charge in [-0.2, -0.15) is 0 Å². The van der Waals surface area contributed by atoms with E-state index in [4.69, 9.17) is 0 Å². The minimum absolute atomic E-state index is 0.160. The Kier molecular flexibility index (Phi) is 3.79. The van der Waals surface area contributed by atoms with Gasteiger partial charge in [0.25, 0.3) is 0 Å². The molecule has 0 saturated carbocycles. The fourth-order valence-corrected chi connectivity index (χ4v) is 3.22. The fourth-order valence-electron chi connectivity index (χ4n) is 2.05. The van der Waals surface area contributed by atoms with Crippen molar-refractivity contribution in [1.82, 2.24) is 5.32 Å². The van der Waals surface area contributed by atoms with E-state index < -0.39 is 0 Å². The Morgan fingerprint density at radius 2 is 2.06 bits per heavy atom. The van der Waals surface area contributed by atoms with Crippen molar-refractivity contribution >= 4 is 21.4 Å². The number of hydrogen-bond acceptors (Lipinski definition) is 2. The molecule has 0 bridgehead atoms. The Labute approximate surface area is 106 Å². The summed E-state index contributed by atoms with van der Waals surface area (Å²) in [6.07, 6.45) is 1.10. The Hall–Kier alpha value is -0.930. The highest BCUT2D eigenvalue weighted by Crippen LogP contribution is 2.32. The third kappa shape index (κ3) is 2.85. The Morgan fingerprint density at radius 1 is 1.29 bits per heavy atom. The van der Waals surface area contributed by atoms with Crippen LogP contribution in [0, 0.1) is 11.7 Å². The summed E-state index contributed by atoms with van der Waals surface area (Å²) in [6.45, 7) is 4.44. The lowest BCUT2D eigenvalue weighted by Gasteiger charge is -2.16. The molecule has 1 unspecified atom stereocenters. The third-order valence-electron chi connectivity index (χ3n) is 2.90. The van der Waals surface area contributed by atoms with Crippen LogP contribution in [0.25, 0.3) is 10.1 Å². The first-order chi connectivity index (χ1) is 8.10. The SMILES string of the molecule is CNC(CC(C)C)c1cc2cc(F)ccc2s1. The molecule has 2 aromatic rings. The minimum Gasteiger partial charge on any atom is -0.312 e. The van der Waals surface area contributed by atoms with E-state index in [1.54, 1.807) is 17.4 Å². The normalized spacial score (nSPS) is 13.5. The molecule has 0 amide bonds. The van der Waals surface area contributed by atoms with Crippen LogP contribution < -0.4 is 5.32 Å². The number of thiophene rings is 1. The standard InChI is InChI=1S/C14H18FNS/c1-9(2)6-12(16-3)14-8-10-7-11(15)4-5-13(10)17-14/h4-5,7-9,12,16H,6H2,1-3H3. The zero-order valence-electron chi connectivity index (χ0n) is 10.5. The molecule has 1 atom stereocenters. The quantitative estimate of drug-likeness (QED) is 0.852. The van der Waals surface area contributed by atoms with E-state index in [1.807, 2.05) is 13.1 Å². The van der Waals surface area contributed by atoms with Crippen LogP contribution in [0.5, 0.6) is 0 Å². The number of benzene rings is 1. The fraction of sp³-hybridized carbons (Fsp3) is 0.429. The summed E-state index contributed by atoms with van der Waals surface area (Å²) in [6, 6.07) is 7.47. The Morgan fingerprint density at radius 3 is 2.71 bits per heavy atom. The predicted octanol–water partition coefficient (Wildman–Crippen LogP) is 4.35. The maximum absolute atomic E-state index is 13.1. The van der Waals surface area contributed by atoms with E-state index in [1.165, 1.54) is 10.9 Å². The van der Waals surface area contributed by atoms with Crippen molar-refractivity contribution in [2.24, 2.45) is 5.92 Å². The molecule has 0 spiro atoms. The van der Waals surface area contributed by atoms with Gasteiger partial charge in [0.05, 0.1) is 0 Å². The Bertz CT molecular complexity index is 504. The summed E-state index contributed by atoms with van der Waals surface area (Å²) in [5.41, 5.74) is 0. The van der Waals surface area contributed by atoms with Gasteiger partial charge in [-0.15, -0.1) is 11.3 Å². The number of hydrogen-bond donors (Lipinski definition) is 1. The van der Waals surface area contributed by atoms with E-state index in [0.717, 1.165) is 16.5 Å². The molecule has 17 heavy (non-hydrogen) atoms. The molecule has 2 rings (SSSR count). The highest BCUT2D eigenvalue weighted by Gasteiger charge is 2.14. The van der Waals surface area contributed by atoms with Crippen LogP contribution in [0.15, 0.2) is 24.3 Å². The van der Waals surface area contributed by atoms with Crippen molar-refractivity contribution in [3.8, 4) is 0 Å². The highest BCUT2D eigenvalue weighted by molar-refractivity contribution is 7.19. The third-order valence-corrected chi connectivity index (χ3v) is 4.13.